The van der Waals surface area contributed by atoms with E-state index >= 15 is 0 Å². The molecule has 0 spiro atoms. The maximum absolute atomic E-state index is 13.9. The highest BCUT2D eigenvalue weighted by atomic mass is 19.1. The van der Waals surface area contributed by atoms with Crippen LogP contribution in [0.3, 0.4) is 0 Å². The summed E-state index contributed by atoms with van der Waals surface area (Å²) in [7, 11) is 0. The summed E-state index contributed by atoms with van der Waals surface area (Å²) in [6, 6.07) is 2.48. The Morgan fingerprint density at radius 2 is 1.69 bits per heavy atom. The number of hydrogen-bond acceptors (Lipinski definition) is 5. The number of carbonyl (C=O) groups is 3. The van der Waals surface area contributed by atoms with Crippen molar-refractivity contribution in [2.75, 3.05) is 0 Å². The van der Waals surface area contributed by atoms with E-state index in [2.05, 4.69) is 5.32 Å². The quantitative estimate of drug-likeness (QED) is 0.773. The van der Waals surface area contributed by atoms with Crippen molar-refractivity contribution in [2.45, 2.75) is 58.8 Å². The highest BCUT2D eigenvalue weighted by Gasteiger charge is 2.30. The first-order valence-corrected chi connectivity index (χ1v) is 7.98. The molecule has 0 bridgehead atoms. The Bertz CT molecular complexity index is 708. The molecule has 0 radical (unpaired) electrons. The van der Waals surface area contributed by atoms with Gasteiger partial charge in [-0.15, -0.1) is 0 Å². The van der Waals surface area contributed by atoms with Crippen molar-refractivity contribution in [2.24, 2.45) is 0 Å². The van der Waals surface area contributed by atoms with Crippen LogP contribution in [0.15, 0.2) is 18.2 Å². The van der Waals surface area contributed by atoms with Gasteiger partial charge in [-0.1, -0.05) is 6.07 Å². The molecule has 2 N–H and O–H groups in total. The van der Waals surface area contributed by atoms with Crippen LogP contribution in [-0.4, -0.2) is 34.8 Å². The highest BCUT2D eigenvalue weighted by molar-refractivity contribution is 5.88. The zero-order chi connectivity index (χ0) is 20.3. The van der Waals surface area contributed by atoms with E-state index in [4.69, 9.17) is 14.6 Å². The summed E-state index contributed by atoms with van der Waals surface area (Å²) >= 11 is 0. The maximum Gasteiger partial charge on any atom is 0.408 e. The number of rotatable bonds is 5. The van der Waals surface area contributed by atoms with Crippen LogP contribution in [-0.2, 0) is 19.9 Å². The molecule has 0 unspecified atom stereocenters. The lowest BCUT2D eigenvalue weighted by molar-refractivity contribution is -0.159. The standard InChI is InChI=1S/C18H24FNO6/c1-10(20-16(24)26-17(2,3)4)15(23)25-18(5,6)11-7-8-12(14(21)22)13(19)9-11/h7-10H,1-6H3,(H,20,24)(H,21,22)/t10-/m0/s1. The fourth-order valence-corrected chi connectivity index (χ4v) is 2.01. The van der Waals surface area contributed by atoms with Gasteiger partial charge in [0, 0.05) is 0 Å². The SMILES string of the molecule is C[C@H](NC(=O)OC(C)(C)C)C(=O)OC(C)(C)c1ccc(C(=O)O)c(F)c1. The first kappa shape index (κ1) is 21.4. The smallest absolute Gasteiger partial charge is 0.408 e. The molecule has 0 saturated heterocycles. The van der Waals surface area contributed by atoms with Crippen LogP contribution in [0.2, 0.25) is 0 Å². The second-order valence-electron chi connectivity index (χ2n) is 7.30. The van der Waals surface area contributed by atoms with Crippen LogP contribution < -0.4 is 5.32 Å². The van der Waals surface area contributed by atoms with Crippen LogP contribution in [0.1, 0.15) is 57.5 Å². The monoisotopic (exact) mass is 369 g/mol. The Kier molecular flexibility index (Phi) is 6.35. The number of carbonyl (C=O) groups excluding carboxylic acids is 2. The summed E-state index contributed by atoms with van der Waals surface area (Å²) in [5.74, 6) is -3.07. The van der Waals surface area contributed by atoms with Gasteiger partial charge in [-0.25, -0.2) is 18.8 Å². The summed E-state index contributed by atoms with van der Waals surface area (Å²) < 4.78 is 24.3. The molecule has 0 fully saturated rings. The number of esters is 1. The number of amides is 1. The molecule has 1 aromatic rings. The van der Waals surface area contributed by atoms with Crippen LogP contribution in [0.4, 0.5) is 9.18 Å². The number of halogens is 1. The minimum absolute atomic E-state index is 0.276. The van der Waals surface area contributed by atoms with E-state index in [9.17, 15) is 18.8 Å². The Balaban J connectivity index is 2.82. The topological polar surface area (TPSA) is 102 Å². The molecule has 1 aromatic carbocycles. The molecule has 26 heavy (non-hydrogen) atoms. The lowest BCUT2D eigenvalue weighted by atomic mass is 9.96. The minimum Gasteiger partial charge on any atom is -0.478 e. The van der Waals surface area contributed by atoms with Gasteiger partial charge in [0.2, 0.25) is 0 Å². The molecule has 0 aliphatic carbocycles. The molecule has 144 valence electrons. The van der Waals surface area contributed by atoms with Gasteiger partial charge in [0.1, 0.15) is 23.1 Å². The van der Waals surface area contributed by atoms with Gasteiger partial charge in [0.15, 0.2) is 0 Å². The van der Waals surface area contributed by atoms with Gasteiger partial charge >= 0.3 is 18.0 Å². The number of carboxylic acid groups (broad SMARTS) is 1. The Labute approximate surface area is 151 Å². The molecule has 1 rings (SSSR count). The molecule has 0 aliphatic rings. The van der Waals surface area contributed by atoms with E-state index in [1.54, 1.807) is 20.8 Å². The third-order valence-electron chi connectivity index (χ3n) is 3.34. The van der Waals surface area contributed by atoms with Crippen LogP contribution >= 0.6 is 0 Å². The maximum atomic E-state index is 13.9. The average molecular weight is 369 g/mol. The molecule has 0 aliphatic heterocycles. The third-order valence-corrected chi connectivity index (χ3v) is 3.34. The number of benzene rings is 1. The summed E-state index contributed by atoms with van der Waals surface area (Å²) in [5, 5.41) is 11.2. The van der Waals surface area contributed by atoms with Crippen molar-refractivity contribution in [3.05, 3.63) is 35.1 Å². The van der Waals surface area contributed by atoms with Gasteiger partial charge in [-0.2, -0.15) is 0 Å². The summed E-state index contributed by atoms with van der Waals surface area (Å²) in [5.41, 5.74) is -2.15. The van der Waals surface area contributed by atoms with E-state index < -0.39 is 46.7 Å². The van der Waals surface area contributed by atoms with Gasteiger partial charge in [-0.3, -0.25) is 0 Å². The highest BCUT2D eigenvalue weighted by Crippen LogP contribution is 2.27. The number of hydrogen-bond donors (Lipinski definition) is 2. The van der Waals surface area contributed by atoms with E-state index in [1.807, 2.05) is 0 Å². The fourth-order valence-electron chi connectivity index (χ4n) is 2.01. The van der Waals surface area contributed by atoms with Gasteiger partial charge in [-0.05, 0) is 59.2 Å². The molecule has 1 amide bonds. The predicted molar refractivity (Wildman–Crippen MR) is 91.3 cm³/mol. The van der Waals surface area contributed by atoms with E-state index in [0.29, 0.717) is 0 Å². The summed E-state index contributed by atoms with van der Waals surface area (Å²) in [6.45, 7) is 9.55. The lowest BCUT2D eigenvalue weighted by Crippen LogP contribution is -2.44. The van der Waals surface area contributed by atoms with Crippen molar-refractivity contribution < 1.29 is 33.4 Å². The van der Waals surface area contributed by atoms with Crippen molar-refractivity contribution in [1.82, 2.24) is 5.32 Å². The Morgan fingerprint density at radius 1 is 1.12 bits per heavy atom. The van der Waals surface area contributed by atoms with Gasteiger partial charge < -0.3 is 19.9 Å². The first-order chi connectivity index (χ1) is 11.7. The second kappa shape index (κ2) is 7.72. The molecule has 0 saturated carbocycles. The zero-order valence-corrected chi connectivity index (χ0v) is 15.7. The number of aromatic carboxylic acids is 1. The molecule has 0 aromatic heterocycles. The largest absolute Gasteiger partial charge is 0.478 e. The molecule has 0 heterocycles. The lowest BCUT2D eigenvalue weighted by Gasteiger charge is -2.28. The summed E-state index contributed by atoms with van der Waals surface area (Å²) in [4.78, 5) is 34.8. The molecular weight excluding hydrogens is 345 g/mol. The van der Waals surface area contributed by atoms with Crippen molar-refractivity contribution in [3.63, 3.8) is 0 Å². The van der Waals surface area contributed by atoms with Crippen molar-refractivity contribution in [3.8, 4) is 0 Å². The van der Waals surface area contributed by atoms with Crippen molar-refractivity contribution in [1.29, 1.82) is 0 Å². The molecule has 8 heteroatoms. The minimum atomic E-state index is -1.39. The Hall–Kier alpha value is -2.64. The van der Waals surface area contributed by atoms with Crippen LogP contribution in [0.25, 0.3) is 0 Å². The molecule has 7 nitrogen and oxygen atoms in total. The third kappa shape index (κ3) is 6.02. The number of carboxylic acids is 1. The van der Waals surface area contributed by atoms with Crippen LogP contribution in [0, 0.1) is 5.82 Å². The molecule has 1 atom stereocenters. The van der Waals surface area contributed by atoms with Gasteiger partial charge in [0.05, 0.1) is 5.56 Å². The van der Waals surface area contributed by atoms with Crippen molar-refractivity contribution >= 4 is 18.0 Å². The van der Waals surface area contributed by atoms with Crippen LogP contribution in [0.5, 0.6) is 0 Å². The first-order valence-electron chi connectivity index (χ1n) is 7.98. The zero-order valence-electron chi connectivity index (χ0n) is 15.7. The fraction of sp³-hybridized carbons (Fsp3) is 0.500. The number of ether oxygens (including phenoxy) is 2. The predicted octanol–water partition coefficient (Wildman–Crippen LogP) is 3.22. The van der Waals surface area contributed by atoms with E-state index in [0.717, 1.165) is 12.1 Å². The number of alkyl carbamates (subject to hydrolysis) is 1. The van der Waals surface area contributed by atoms with E-state index in [1.165, 1.54) is 26.8 Å². The van der Waals surface area contributed by atoms with E-state index in [-0.39, 0.29) is 5.56 Å². The summed E-state index contributed by atoms with van der Waals surface area (Å²) in [6.07, 6.45) is -0.767. The molecular formula is C18H24FNO6. The van der Waals surface area contributed by atoms with Gasteiger partial charge in [0.25, 0.3) is 0 Å². The average Bonchev–Trinajstić information content (AvgIpc) is 2.43. The number of nitrogens with one attached hydrogen (secondary N) is 1. The Morgan fingerprint density at radius 3 is 2.15 bits per heavy atom. The normalized spacial score (nSPS) is 12.9. The second-order valence-corrected chi connectivity index (χ2v) is 7.30.